The lowest BCUT2D eigenvalue weighted by atomic mass is 10.2. The molecule has 0 saturated carbocycles. The average Bonchev–Trinajstić information content (AvgIpc) is 2.82. The van der Waals surface area contributed by atoms with Crippen LogP contribution in [0.5, 0.6) is 0 Å². The van der Waals surface area contributed by atoms with Crippen LogP contribution in [-0.4, -0.2) is 58.3 Å². The lowest BCUT2D eigenvalue weighted by Gasteiger charge is -2.24. The second-order valence-corrected chi connectivity index (χ2v) is 8.07. The maximum Gasteiger partial charge on any atom is 0.408 e. The number of nitrogens with one attached hydrogen (secondary N) is 1. The number of fused-ring (bicyclic) bond motifs is 1. The fourth-order valence-electron chi connectivity index (χ4n) is 2.55. The number of rotatable bonds is 2. The summed E-state index contributed by atoms with van der Waals surface area (Å²) in [6.07, 6.45) is -0.691. The van der Waals surface area contributed by atoms with Crippen molar-refractivity contribution >= 4 is 18.0 Å². The Morgan fingerprint density at radius 1 is 1.12 bits per heavy atom. The Labute approximate surface area is 147 Å². The van der Waals surface area contributed by atoms with Crippen LogP contribution in [0.15, 0.2) is 11.4 Å². The van der Waals surface area contributed by atoms with Crippen molar-refractivity contribution in [3.63, 3.8) is 0 Å². The molecule has 2 aliphatic heterocycles. The number of nitrogens with zero attached hydrogens (tertiary/aromatic N) is 2. The molecule has 0 aromatic carbocycles. The molecule has 2 amide bonds. The van der Waals surface area contributed by atoms with Gasteiger partial charge in [-0.3, -0.25) is 4.79 Å². The monoisotopic (exact) mass is 354 g/mol. The molecule has 25 heavy (non-hydrogen) atoms. The summed E-state index contributed by atoms with van der Waals surface area (Å²) in [6.45, 7) is 10.8. The SMILES string of the molecule is CC(C)(C)OC(=O)N[C@H]1CN2CC(N)=C(C(=O)OC(C)(C)C)N2C1=O. The Bertz CT molecular complexity index is 629. The van der Waals surface area contributed by atoms with Crippen LogP contribution in [0.2, 0.25) is 0 Å². The van der Waals surface area contributed by atoms with Crippen LogP contribution in [0.3, 0.4) is 0 Å². The van der Waals surface area contributed by atoms with Gasteiger partial charge in [0.1, 0.15) is 17.2 Å². The highest BCUT2D eigenvalue weighted by Gasteiger charge is 2.48. The zero-order chi connectivity index (χ0) is 19.2. The van der Waals surface area contributed by atoms with E-state index in [1.807, 2.05) is 0 Å². The fourth-order valence-corrected chi connectivity index (χ4v) is 2.55. The minimum Gasteiger partial charge on any atom is -0.455 e. The van der Waals surface area contributed by atoms with Crippen molar-refractivity contribution < 1.29 is 23.9 Å². The highest BCUT2D eigenvalue weighted by molar-refractivity contribution is 5.98. The molecule has 9 heteroatoms. The summed E-state index contributed by atoms with van der Waals surface area (Å²) in [5, 5.41) is 5.31. The Hall–Kier alpha value is -2.29. The number of nitrogens with two attached hydrogens (primary N) is 1. The van der Waals surface area contributed by atoms with Crippen LogP contribution >= 0.6 is 0 Å². The Balaban J connectivity index is 2.10. The molecular weight excluding hydrogens is 328 g/mol. The first kappa shape index (κ1) is 19.0. The summed E-state index contributed by atoms with van der Waals surface area (Å²) in [7, 11) is 0. The minimum atomic E-state index is -0.819. The van der Waals surface area contributed by atoms with Crippen LogP contribution in [0.4, 0.5) is 4.79 Å². The van der Waals surface area contributed by atoms with Crippen LogP contribution in [-0.2, 0) is 19.1 Å². The summed E-state index contributed by atoms with van der Waals surface area (Å²) < 4.78 is 10.5. The molecule has 2 heterocycles. The quantitative estimate of drug-likeness (QED) is 0.693. The van der Waals surface area contributed by atoms with Crippen molar-refractivity contribution in [2.24, 2.45) is 5.73 Å². The van der Waals surface area contributed by atoms with Gasteiger partial charge in [-0.1, -0.05) is 0 Å². The Kier molecular flexibility index (Phi) is 4.73. The molecule has 2 aliphatic rings. The average molecular weight is 354 g/mol. The number of alkyl carbamates (subject to hydrolysis) is 1. The number of ether oxygens (including phenoxy) is 2. The number of carbonyl (C=O) groups is 3. The van der Waals surface area contributed by atoms with Gasteiger partial charge >= 0.3 is 12.1 Å². The molecule has 0 unspecified atom stereocenters. The predicted molar refractivity (Wildman–Crippen MR) is 88.6 cm³/mol. The molecule has 0 aliphatic carbocycles. The highest BCUT2D eigenvalue weighted by atomic mass is 16.6. The number of amides is 2. The molecule has 0 bridgehead atoms. The number of hydrogen-bond donors (Lipinski definition) is 2. The highest BCUT2D eigenvalue weighted by Crippen LogP contribution is 2.29. The number of hydrogen-bond acceptors (Lipinski definition) is 7. The number of hydrazine groups is 1. The molecule has 0 radical (unpaired) electrons. The zero-order valence-electron chi connectivity index (χ0n) is 15.5. The first-order valence-electron chi connectivity index (χ1n) is 8.09. The summed E-state index contributed by atoms with van der Waals surface area (Å²) in [6, 6.07) is -0.819. The van der Waals surface area contributed by atoms with Gasteiger partial charge in [-0.15, -0.1) is 0 Å². The first-order chi connectivity index (χ1) is 11.3. The molecule has 0 aromatic heterocycles. The maximum absolute atomic E-state index is 12.6. The van der Waals surface area contributed by atoms with E-state index in [2.05, 4.69) is 5.32 Å². The molecule has 0 spiro atoms. The lowest BCUT2D eigenvalue weighted by Crippen LogP contribution is -2.45. The summed E-state index contributed by atoms with van der Waals surface area (Å²) in [4.78, 5) is 36.9. The van der Waals surface area contributed by atoms with E-state index in [1.165, 1.54) is 5.01 Å². The fraction of sp³-hybridized carbons (Fsp3) is 0.688. The third-order valence-electron chi connectivity index (χ3n) is 3.34. The minimum absolute atomic E-state index is 0.00779. The Morgan fingerprint density at radius 2 is 1.68 bits per heavy atom. The largest absolute Gasteiger partial charge is 0.455 e. The molecular formula is C16H26N4O5. The Morgan fingerprint density at radius 3 is 2.20 bits per heavy atom. The van der Waals surface area contributed by atoms with E-state index in [0.717, 1.165) is 0 Å². The van der Waals surface area contributed by atoms with Gasteiger partial charge in [-0.05, 0) is 41.5 Å². The van der Waals surface area contributed by atoms with Crippen LogP contribution in [0, 0.1) is 0 Å². The smallest absolute Gasteiger partial charge is 0.408 e. The third kappa shape index (κ3) is 4.41. The van der Waals surface area contributed by atoms with E-state index in [-0.39, 0.29) is 24.5 Å². The van der Waals surface area contributed by atoms with Gasteiger partial charge in [0.25, 0.3) is 5.91 Å². The molecule has 1 fully saturated rings. The van der Waals surface area contributed by atoms with Crippen molar-refractivity contribution in [1.82, 2.24) is 15.3 Å². The van der Waals surface area contributed by atoms with Gasteiger partial charge in [-0.25, -0.2) is 19.6 Å². The number of esters is 1. The molecule has 0 aromatic rings. The maximum atomic E-state index is 12.6. The summed E-state index contributed by atoms with van der Waals surface area (Å²) >= 11 is 0. The van der Waals surface area contributed by atoms with E-state index >= 15 is 0 Å². The van der Waals surface area contributed by atoms with E-state index in [4.69, 9.17) is 15.2 Å². The second kappa shape index (κ2) is 6.21. The van der Waals surface area contributed by atoms with Gasteiger partial charge in [0.05, 0.1) is 12.2 Å². The van der Waals surface area contributed by atoms with Gasteiger partial charge in [0.2, 0.25) is 0 Å². The molecule has 140 valence electrons. The molecule has 3 N–H and O–H groups in total. The standard InChI is InChI=1S/C16H26N4O5/c1-15(2,3)24-13(22)11-9(17)7-19-8-10(12(21)20(11)19)18-14(23)25-16(4,5)6/h10H,7-8,17H2,1-6H3,(H,18,23)/t10-/m0/s1. The van der Waals surface area contributed by atoms with Gasteiger partial charge in [-0.2, -0.15) is 0 Å². The van der Waals surface area contributed by atoms with Crippen molar-refractivity contribution in [3.05, 3.63) is 11.4 Å². The van der Waals surface area contributed by atoms with Crippen molar-refractivity contribution in [2.75, 3.05) is 13.1 Å². The van der Waals surface area contributed by atoms with Crippen molar-refractivity contribution in [2.45, 2.75) is 58.8 Å². The second-order valence-electron chi connectivity index (χ2n) is 8.07. The predicted octanol–water partition coefficient (Wildman–Crippen LogP) is 0.465. The first-order valence-corrected chi connectivity index (χ1v) is 8.09. The molecule has 9 nitrogen and oxygen atoms in total. The van der Waals surface area contributed by atoms with Crippen LogP contribution < -0.4 is 11.1 Å². The zero-order valence-corrected chi connectivity index (χ0v) is 15.5. The molecule has 1 atom stereocenters. The van der Waals surface area contributed by atoms with E-state index in [1.54, 1.807) is 46.6 Å². The number of carbonyl (C=O) groups excluding carboxylic acids is 3. The van der Waals surface area contributed by atoms with Gasteiger partial charge < -0.3 is 20.5 Å². The summed E-state index contributed by atoms with van der Waals surface area (Å²) in [5.41, 5.74) is 4.80. The molecule has 1 saturated heterocycles. The van der Waals surface area contributed by atoms with E-state index in [9.17, 15) is 14.4 Å². The summed E-state index contributed by atoms with van der Waals surface area (Å²) in [5.74, 6) is -1.12. The van der Waals surface area contributed by atoms with Gasteiger partial charge in [0.15, 0.2) is 5.70 Å². The molecule has 2 rings (SSSR count). The normalized spacial score (nSPS) is 21.4. The van der Waals surface area contributed by atoms with Crippen molar-refractivity contribution in [1.29, 1.82) is 0 Å². The topological polar surface area (TPSA) is 114 Å². The van der Waals surface area contributed by atoms with Crippen LogP contribution in [0.25, 0.3) is 0 Å². The van der Waals surface area contributed by atoms with Crippen LogP contribution in [0.1, 0.15) is 41.5 Å². The lowest BCUT2D eigenvalue weighted by molar-refractivity contribution is -0.156. The van der Waals surface area contributed by atoms with E-state index in [0.29, 0.717) is 0 Å². The third-order valence-corrected chi connectivity index (χ3v) is 3.34. The van der Waals surface area contributed by atoms with Gasteiger partial charge in [0, 0.05) is 6.54 Å². The van der Waals surface area contributed by atoms with E-state index < -0.39 is 35.2 Å². The van der Waals surface area contributed by atoms with Crippen molar-refractivity contribution in [3.8, 4) is 0 Å².